The van der Waals surface area contributed by atoms with Gasteiger partial charge in [-0.05, 0) is 43.5 Å². The highest BCUT2D eigenvalue weighted by Gasteiger charge is 2.12. The van der Waals surface area contributed by atoms with Crippen molar-refractivity contribution in [3.05, 3.63) is 34.4 Å². The summed E-state index contributed by atoms with van der Waals surface area (Å²) < 4.78 is 2.22. The first-order valence-corrected chi connectivity index (χ1v) is 8.64. The minimum Gasteiger partial charge on any atom is -0.346 e. The van der Waals surface area contributed by atoms with Crippen LogP contribution >= 0.6 is 23.2 Å². The van der Waals surface area contributed by atoms with Gasteiger partial charge in [-0.3, -0.25) is 0 Å². The number of hydrogen-bond acceptors (Lipinski definition) is 1. The lowest BCUT2D eigenvalue weighted by Gasteiger charge is -2.21. The largest absolute Gasteiger partial charge is 0.346 e. The van der Waals surface area contributed by atoms with Gasteiger partial charge in [0, 0.05) is 29.7 Å². The van der Waals surface area contributed by atoms with E-state index in [1.807, 2.05) is 6.07 Å². The summed E-state index contributed by atoms with van der Waals surface area (Å²) in [6, 6.07) is 5.86. The van der Waals surface area contributed by atoms with Crippen molar-refractivity contribution in [1.29, 1.82) is 0 Å². The molecule has 0 spiro atoms. The van der Waals surface area contributed by atoms with E-state index in [1.54, 1.807) is 6.07 Å². The van der Waals surface area contributed by atoms with Gasteiger partial charge in [0.2, 0.25) is 0 Å². The van der Waals surface area contributed by atoms with Gasteiger partial charge in [-0.25, -0.2) is 0 Å². The lowest BCUT2D eigenvalue weighted by molar-refractivity contribution is 0.341. The minimum absolute atomic E-state index is 0.697. The van der Waals surface area contributed by atoms with Crippen molar-refractivity contribution in [3.63, 3.8) is 0 Å². The van der Waals surface area contributed by atoms with Gasteiger partial charge in [-0.15, -0.1) is 0 Å². The summed E-state index contributed by atoms with van der Waals surface area (Å²) in [7, 11) is 0. The highest BCUT2D eigenvalue weighted by atomic mass is 35.5. The molecular weight excluding hydrogens is 303 g/mol. The molecule has 1 aromatic carbocycles. The van der Waals surface area contributed by atoms with E-state index in [1.165, 1.54) is 32.1 Å². The number of benzene rings is 1. The van der Waals surface area contributed by atoms with Crippen molar-refractivity contribution >= 4 is 34.1 Å². The van der Waals surface area contributed by atoms with Crippen molar-refractivity contribution < 1.29 is 0 Å². The third-order valence-electron chi connectivity index (χ3n) is 4.49. The zero-order chi connectivity index (χ0) is 14.7. The summed E-state index contributed by atoms with van der Waals surface area (Å²) in [5.74, 6) is 0.879. The zero-order valence-corrected chi connectivity index (χ0v) is 13.8. The molecule has 3 rings (SSSR count). The molecule has 1 aliphatic rings. The molecule has 1 aliphatic carbocycles. The molecule has 2 aromatic rings. The molecule has 21 heavy (non-hydrogen) atoms. The highest BCUT2D eigenvalue weighted by molar-refractivity contribution is 6.38. The summed E-state index contributed by atoms with van der Waals surface area (Å²) in [6.07, 6.45) is 9.12. The van der Waals surface area contributed by atoms with Crippen molar-refractivity contribution in [2.75, 3.05) is 13.1 Å². The maximum absolute atomic E-state index is 6.23. The molecule has 0 aliphatic heterocycles. The average Bonchev–Trinajstić information content (AvgIpc) is 2.88. The quantitative estimate of drug-likeness (QED) is 0.755. The number of rotatable bonds is 5. The van der Waals surface area contributed by atoms with Crippen molar-refractivity contribution in [3.8, 4) is 0 Å². The van der Waals surface area contributed by atoms with E-state index in [4.69, 9.17) is 23.2 Å². The Bertz CT molecular complexity index is 600. The van der Waals surface area contributed by atoms with Crippen LogP contribution < -0.4 is 5.32 Å². The van der Waals surface area contributed by atoms with Gasteiger partial charge in [-0.2, -0.15) is 0 Å². The normalized spacial score (nSPS) is 16.7. The number of hydrogen-bond donors (Lipinski definition) is 1. The molecule has 114 valence electrons. The molecule has 1 saturated carbocycles. The van der Waals surface area contributed by atoms with Crippen molar-refractivity contribution in [1.82, 2.24) is 9.88 Å². The predicted molar refractivity (Wildman–Crippen MR) is 91.4 cm³/mol. The molecule has 1 fully saturated rings. The van der Waals surface area contributed by atoms with E-state index < -0.39 is 0 Å². The summed E-state index contributed by atoms with van der Waals surface area (Å²) >= 11 is 12.3. The number of aromatic nitrogens is 1. The molecule has 0 unspecified atom stereocenters. The fourth-order valence-corrected chi connectivity index (χ4v) is 3.86. The molecule has 2 nitrogen and oxygen atoms in total. The Hall–Kier alpha value is -0.700. The molecule has 4 heteroatoms. The molecule has 0 amide bonds. The monoisotopic (exact) mass is 324 g/mol. The van der Waals surface area contributed by atoms with E-state index in [0.717, 1.165) is 41.5 Å². The first kappa shape index (κ1) is 15.2. The van der Waals surface area contributed by atoms with E-state index in [9.17, 15) is 0 Å². The van der Waals surface area contributed by atoms with Gasteiger partial charge in [-0.1, -0.05) is 42.5 Å². The average molecular weight is 325 g/mol. The molecule has 0 saturated heterocycles. The highest BCUT2D eigenvalue weighted by Crippen LogP contribution is 2.28. The Morgan fingerprint density at radius 1 is 1.14 bits per heavy atom. The fourth-order valence-electron chi connectivity index (χ4n) is 3.31. The Balaban J connectivity index is 1.55. The molecule has 0 atom stereocenters. The predicted octanol–water partition coefficient (Wildman–Crippen LogP) is 5.12. The van der Waals surface area contributed by atoms with Crippen LogP contribution in [0.5, 0.6) is 0 Å². The second-order valence-corrected chi connectivity index (χ2v) is 6.88. The van der Waals surface area contributed by atoms with E-state index >= 15 is 0 Å². The summed E-state index contributed by atoms with van der Waals surface area (Å²) in [6.45, 7) is 3.10. The van der Waals surface area contributed by atoms with Gasteiger partial charge in [0.05, 0.1) is 10.5 Å². The lowest BCUT2D eigenvalue weighted by atomic mass is 9.89. The standard InChI is InChI=1S/C17H22Cl2N2/c18-14-10-16(19)15-6-8-21(17(15)11-14)9-7-20-12-13-4-2-1-3-5-13/h6,8,10-11,13,20H,1-5,7,9,12H2. The first-order chi connectivity index (χ1) is 10.2. The van der Waals surface area contributed by atoms with Crippen LogP contribution in [0.4, 0.5) is 0 Å². The Morgan fingerprint density at radius 2 is 1.95 bits per heavy atom. The van der Waals surface area contributed by atoms with E-state index in [0.29, 0.717) is 5.02 Å². The van der Waals surface area contributed by atoms with Crippen LogP contribution in [0.1, 0.15) is 32.1 Å². The van der Waals surface area contributed by atoms with Crippen molar-refractivity contribution in [2.24, 2.45) is 5.92 Å². The molecule has 1 heterocycles. The molecule has 0 radical (unpaired) electrons. The number of fused-ring (bicyclic) bond motifs is 1. The summed E-state index contributed by atoms with van der Waals surface area (Å²) in [4.78, 5) is 0. The molecular formula is C17H22Cl2N2. The van der Waals surface area contributed by atoms with Crippen LogP contribution in [0, 0.1) is 5.92 Å². The van der Waals surface area contributed by atoms with Crippen LogP contribution in [-0.2, 0) is 6.54 Å². The smallest absolute Gasteiger partial charge is 0.0514 e. The van der Waals surface area contributed by atoms with Crippen LogP contribution in [-0.4, -0.2) is 17.7 Å². The number of nitrogens with zero attached hydrogens (tertiary/aromatic N) is 1. The maximum atomic E-state index is 6.23. The van der Waals surface area contributed by atoms with E-state index in [2.05, 4.69) is 22.1 Å². The van der Waals surface area contributed by atoms with Crippen LogP contribution in [0.3, 0.4) is 0 Å². The topological polar surface area (TPSA) is 17.0 Å². The third-order valence-corrected chi connectivity index (χ3v) is 5.02. The van der Waals surface area contributed by atoms with Crippen LogP contribution in [0.15, 0.2) is 24.4 Å². The molecule has 0 bridgehead atoms. The Morgan fingerprint density at radius 3 is 2.76 bits per heavy atom. The van der Waals surface area contributed by atoms with E-state index in [-0.39, 0.29) is 0 Å². The van der Waals surface area contributed by atoms with Gasteiger partial charge in [0.1, 0.15) is 0 Å². The SMILES string of the molecule is Clc1cc(Cl)c2ccn(CCNCC3CCCCC3)c2c1. The van der Waals surface area contributed by atoms with Gasteiger partial charge in [0.25, 0.3) is 0 Å². The minimum atomic E-state index is 0.697. The van der Waals surface area contributed by atoms with Crippen molar-refractivity contribution in [2.45, 2.75) is 38.6 Å². The lowest BCUT2D eigenvalue weighted by Crippen LogP contribution is -2.27. The Labute approximate surface area is 136 Å². The summed E-state index contributed by atoms with van der Waals surface area (Å²) in [5, 5.41) is 6.10. The van der Waals surface area contributed by atoms with Crippen LogP contribution in [0.25, 0.3) is 10.9 Å². The molecule has 1 aromatic heterocycles. The van der Waals surface area contributed by atoms with Gasteiger partial charge in [0.15, 0.2) is 0 Å². The first-order valence-electron chi connectivity index (χ1n) is 7.88. The second-order valence-electron chi connectivity index (χ2n) is 6.04. The fraction of sp³-hybridized carbons (Fsp3) is 0.529. The van der Waals surface area contributed by atoms with Crippen LogP contribution in [0.2, 0.25) is 10.0 Å². The third kappa shape index (κ3) is 3.74. The maximum Gasteiger partial charge on any atom is 0.0514 e. The van der Waals surface area contributed by atoms with Gasteiger partial charge >= 0.3 is 0 Å². The summed E-state index contributed by atoms with van der Waals surface area (Å²) in [5.41, 5.74) is 1.12. The number of halogens is 2. The zero-order valence-electron chi connectivity index (χ0n) is 12.2. The second kappa shape index (κ2) is 7.04. The van der Waals surface area contributed by atoms with Gasteiger partial charge < -0.3 is 9.88 Å². The Kier molecular flexibility index (Phi) is 5.10. The number of nitrogens with one attached hydrogen (secondary N) is 1. The molecule has 1 N–H and O–H groups in total.